The Hall–Kier alpha value is -3.89. The Kier molecular flexibility index (Phi) is 5.80. The Balaban J connectivity index is 1.94. The van der Waals surface area contributed by atoms with Crippen molar-refractivity contribution in [3.05, 3.63) is 50.4 Å². The summed E-state index contributed by atoms with van der Waals surface area (Å²) in [7, 11) is 1.59. The van der Waals surface area contributed by atoms with Crippen LogP contribution in [0.2, 0.25) is 0 Å². The van der Waals surface area contributed by atoms with E-state index in [4.69, 9.17) is 5.73 Å². The SMILES string of the molecule is CC#CCn1c(N2CCCC(N)C2)nc2c1c(=O)n(Cc1cnccc1C#N)c(=O)n2C. The topological polar surface area (TPSA) is 128 Å². The first-order chi connectivity index (χ1) is 15.5. The van der Waals surface area contributed by atoms with Gasteiger partial charge in [-0.1, -0.05) is 5.92 Å². The second-order valence-electron chi connectivity index (χ2n) is 7.82. The Labute approximate surface area is 184 Å². The average molecular weight is 432 g/mol. The molecule has 0 spiro atoms. The molecule has 32 heavy (non-hydrogen) atoms. The van der Waals surface area contributed by atoms with E-state index in [0.29, 0.717) is 34.8 Å². The number of aromatic nitrogens is 5. The highest BCUT2D eigenvalue weighted by molar-refractivity contribution is 5.75. The van der Waals surface area contributed by atoms with Crippen molar-refractivity contribution in [2.45, 2.75) is 38.9 Å². The van der Waals surface area contributed by atoms with Crippen molar-refractivity contribution >= 4 is 17.1 Å². The highest BCUT2D eigenvalue weighted by atomic mass is 16.2. The fraction of sp³-hybridized carbons (Fsp3) is 0.409. The van der Waals surface area contributed by atoms with Gasteiger partial charge in [0.15, 0.2) is 11.2 Å². The van der Waals surface area contributed by atoms with Crippen molar-refractivity contribution < 1.29 is 0 Å². The molecule has 1 unspecified atom stereocenters. The van der Waals surface area contributed by atoms with E-state index in [0.717, 1.165) is 24.0 Å². The number of fused-ring (bicyclic) bond motifs is 1. The molecule has 10 nitrogen and oxygen atoms in total. The number of hydrogen-bond donors (Lipinski definition) is 1. The van der Waals surface area contributed by atoms with Crippen molar-refractivity contribution in [1.29, 1.82) is 5.26 Å². The Morgan fingerprint density at radius 2 is 2.12 bits per heavy atom. The molecule has 0 bridgehead atoms. The van der Waals surface area contributed by atoms with Crippen LogP contribution >= 0.6 is 0 Å². The minimum absolute atomic E-state index is 0.0183. The molecule has 1 fully saturated rings. The molecule has 10 heteroatoms. The van der Waals surface area contributed by atoms with Gasteiger partial charge in [-0.2, -0.15) is 10.2 Å². The average Bonchev–Trinajstić information content (AvgIpc) is 3.19. The Bertz CT molecular complexity index is 1400. The number of piperidine rings is 1. The fourth-order valence-electron chi connectivity index (χ4n) is 4.07. The van der Waals surface area contributed by atoms with Gasteiger partial charge in [-0.25, -0.2) is 4.79 Å². The minimum atomic E-state index is -0.511. The lowest BCUT2D eigenvalue weighted by Crippen LogP contribution is -2.44. The summed E-state index contributed by atoms with van der Waals surface area (Å²) in [6, 6.07) is 3.65. The number of hydrogen-bond acceptors (Lipinski definition) is 7. The maximum atomic E-state index is 13.5. The lowest BCUT2D eigenvalue weighted by atomic mass is 10.1. The van der Waals surface area contributed by atoms with E-state index >= 15 is 0 Å². The maximum Gasteiger partial charge on any atom is 0.332 e. The predicted octanol–water partition coefficient (Wildman–Crippen LogP) is 0.162. The summed E-state index contributed by atoms with van der Waals surface area (Å²) in [5.74, 6) is 6.45. The number of rotatable bonds is 4. The maximum absolute atomic E-state index is 13.5. The summed E-state index contributed by atoms with van der Waals surface area (Å²) >= 11 is 0. The van der Waals surface area contributed by atoms with Gasteiger partial charge in [-0.3, -0.25) is 23.5 Å². The highest BCUT2D eigenvalue weighted by Gasteiger charge is 2.26. The number of anilines is 1. The molecule has 4 heterocycles. The van der Waals surface area contributed by atoms with E-state index in [9.17, 15) is 14.9 Å². The molecule has 2 N–H and O–H groups in total. The number of imidazole rings is 1. The molecule has 1 atom stereocenters. The first kappa shape index (κ1) is 21.3. The smallest absolute Gasteiger partial charge is 0.332 e. The number of nitrogens with zero attached hydrogens (tertiary/aromatic N) is 7. The van der Waals surface area contributed by atoms with Crippen LogP contribution in [0.3, 0.4) is 0 Å². The zero-order chi connectivity index (χ0) is 22.8. The third-order valence-corrected chi connectivity index (χ3v) is 5.72. The van der Waals surface area contributed by atoms with Gasteiger partial charge in [0.05, 0.1) is 24.7 Å². The summed E-state index contributed by atoms with van der Waals surface area (Å²) in [4.78, 5) is 37.4. The molecule has 0 saturated carbocycles. The molecule has 4 rings (SSSR count). The Morgan fingerprint density at radius 1 is 1.31 bits per heavy atom. The van der Waals surface area contributed by atoms with E-state index in [1.807, 2.05) is 0 Å². The first-order valence-electron chi connectivity index (χ1n) is 10.4. The monoisotopic (exact) mass is 432 g/mol. The molecule has 0 amide bonds. The summed E-state index contributed by atoms with van der Waals surface area (Å²) < 4.78 is 4.24. The van der Waals surface area contributed by atoms with E-state index in [2.05, 4.69) is 32.8 Å². The van der Waals surface area contributed by atoms with E-state index in [1.165, 1.54) is 17.0 Å². The third kappa shape index (κ3) is 3.66. The van der Waals surface area contributed by atoms with Gasteiger partial charge in [0.1, 0.15) is 0 Å². The molecule has 164 valence electrons. The summed E-state index contributed by atoms with van der Waals surface area (Å²) in [6.07, 6.45) is 4.85. The van der Waals surface area contributed by atoms with Gasteiger partial charge >= 0.3 is 5.69 Å². The van der Waals surface area contributed by atoms with Gasteiger partial charge in [-0.15, -0.1) is 5.92 Å². The van der Waals surface area contributed by atoms with E-state index in [-0.39, 0.29) is 19.1 Å². The second-order valence-corrected chi connectivity index (χ2v) is 7.82. The molecule has 0 aliphatic carbocycles. The number of aryl methyl sites for hydroxylation is 1. The van der Waals surface area contributed by atoms with Crippen LogP contribution in [0.4, 0.5) is 5.95 Å². The van der Waals surface area contributed by atoms with Crippen LogP contribution in [-0.2, 0) is 20.1 Å². The fourth-order valence-corrected chi connectivity index (χ4v) is 4.07. The molecule has 1 aliphatic heterocycles. The zero-order valence-electron chi connectivity index (χ0n) is 18.1. The van der Waals surface area contributed by atoms with Crippen LogP contribution in [0.5, 0.6) is 0 Å². The number of nitrogens with two attached hydrogens (primary N) is 1. The standard InChI is InChI=1S/C22H24N8O2/c1-3-4-10-29-18-19(26-21(29)28-9-5-6-17(24)14-28)27(2)22(32)30(20(18)31)13-16-12-25-8-7-15(16)11-23/h7-8,12,17H,5-6,9-10,13-14,24H2,1-2H3. The highest BCUT2D eigenvalue weighted by Crippen LogP contribution is 2.23. The molecule has 3 aromatic heterocycles. The van der Waals surface area contributed by atoms with Crippen molar-refractivity contribution in [2.24, 2.45) is 12.8 Å². The van der Waals surface area contributed by atoms with Gasteiger partial charge in [-0.05, 0) is 25.8 Å². The predicted molar refractivity (Wildman–Crippen MR) is 120 cm³/mol. The Morgan fingerprint density at radius 3 is 2.84 bits per heavy atom. The van der Waals surface area contributed by atoms with Crippen LogP contribution in [0.25, 0.3) is 11.2 Å². The van der Waals surface area contributed by atoms with Crippen LogP contribution in [0.1, 0.15) is 30.9 Å². The van der Waals surface area contributed by atoms with Crippen LogP contribution in [0.15, 0.2) is 28.0 Å². The van der Waals surface area contributed by atoms with E-state index < -0.39 is 11.2 Å². The summed E-state index contributed by atoms with van der Waals surface area (Å²) in [5.41, 5.74) is 6.64. The van der Waals surface area contributed by atoms with Crippen LogP contribution in [-0.4, -0.2) is 42.8 Å². The van der Waals surface area contributed by atoms with Crippen molar-refractivity contribution in [1.82, 2.24) is 23.7 Å². The van der Waals surface area contributed by atoms with E-state index in [1.54, 1.807) is 24.6 Å². The largest absolute Gasteiger partial charge is 0.341 e. The molecule has 3 aromatic rings. The zero-order valence-corrected chi connectivity index (χ0v) is 18.1. The number of pyridine rings is 1. The molecular weight excluding hydrogens is 408 g/mol. The van der Waals surface area contributed by atoms with Gasteiger partial charge < -0.3 is 10.6 Å². The molecule has 0 aromatic carbocycles. The normalized spacial score (nSPS) is 15.9. The first-order valence-corrected chi connectivity index (χ1v) is 10.4. The molecule has 1 saturated heterocycles. The lowest BCUT2D eigenvalue weighted by molar-refractivity contribution is 0.496. The van der Waals surface area contributed by atoms with Gasteiger partial charge in [0, 0.05) is 44.1 Å². The van der Waals surface area contributed by atoms with Crippen molar-refractivity contribution in [2.75, 3.05) is 18.0 Å². The van der Waals surface area contributed by atoms with Crippen molar-refractivity contribution in [3.63, 3.8) is 0 Å². The minimum Gasteiger partial charge on any atom is -0.341 e. The summed E-state index contributed by atoms with van der Waals surface area (Å²) in [6.45, 7) is 3.31. The molecular formula is C22H24N8O2. The molecule has 1 aliphatic rings. The van der Waals surface area contributed by atoms with Crippen molar-refractivity contribution in [3.8, 4) is 17.9 Å². The lowest BCUT2D eigenvalue weighted by Gasteiger charge is -2.31. The second kappa shape index (κ2) is 8.69. The third-order valence-electron chi connectivity index (χ3n) is 5.72. The molecule has 0 radical (unpaired) electrons. The van der Waals surface area contributed by atoms with Gasteiger partial charge in [0.25, 0.3) is 5.56 Å². The van der Waals surface area contributed by atoms with Crippen LogP contribution in [0, 0.1) is 23.2 Å². The number of nitriles is 1. The van der Waals surface area contributed by atoms with Gasteiger partial charge in [0.2, 0.25) is 5.95 Å². The quantitative estimate of drug-likeness (QED) is 0.582. The summed E-state index contributed by atoms with van der Waals surface area (Å²) in [5, 5.41) is 9.38. The van der Waals surface area contributed by atoms with Crippen LogP contribution < -0.4 is 21.9 Å².